The van der Waals surface area contributed by atoms with E-state index in [0.717, 1.165) is 10.8 Å². The highest BCUT2D eigenvalue weighted by molar-refractivity contribution is 7.99. The largest absolute Gasteiger partial charge is 0.330 e. The van der Waals surface area contributed by atoms with Crippen LogP contribution in [0.2, 0.25) is 0 Å². The number of rotatable bonds is 3. The molecule has 54 valence electrons. The highest BCUT2D eigenvalue weighted by Crippen LogP contribution is 2.10. The van der Waals surface area contributed by atoms with Crippen molar-refractivity contribution >= 4 is 11.8 Å². The van der Waals surface area contributed by atoms with Crippen molar-refractivity contribution in [1.29, 1.82) is 0 Å². The Morgan fingerprint density at radius 3 is 3.00 bits per heavy atom. The van der Waals surface area contributed by atoms with E-state index in [9.17, 15) is 0 Å². The Balaban J connectivity index is 2.43. The first kappa shape index (κ1) is 7.50. The van der Waals surface area contributed by atoms with Crippen LogP contribution >= 0.6 is 11.8 Å². The van der Waals surface area contributed by atoms with E-state index in [1.807, 2.05) is 0 Å². The second-order valence-electron chi connectivity index (χ2n) is 1.68. The van der Waals surface area contributed by atoms with Crippen LogP contribution in [0.4, 0.5) is 0 Å². The van der Waals surface area contributed by atoms with Gasteiger partial charge in [0.25, 0.3) is 0 Å². The number of aromatic nitrogens is 2. The Morgan fingerprint density at radius 1 is 1.50 bits per heavy atom. The number of nitrogens with two attached hydrogens (primary N) is 1. The average Bonchev–Trinajstić information content (AvgIpc) is 2.03. The summed E-state index contributed by atoms with van der Waals surface area (Å²) in [6, 6.07) is 0. The van der Waals surface area contributed by atoms with Crippen molar-refractivity contribution in [2.24, 2.45) is 5.73 Å². The Kier molecular flexibility index (Phi) is 3.18. The Hall–Kier alpha value is -0.610. The number of hydrogen-bond donors (Lipinski definition) is 1. The van der Waals surface area contributed by atoms with Gasteiger partial charge in [-0.2, -0.15) is 0 Å². The average molecular weight is 155 g/mol. The van der Waals surface area contributed by atoms with Crippen LogP contribution in [0.3, 0.4) is 0 Å². The predicted molar refractivity (Wildman–Crippen MR) is 41.8 cm³/mol. The molecule has 1 aromatic heterocycles. The topological polar surface area (TPSA) is 51.8 Å². The van der Waals surface area contributed by atoms with Gasteiger partial charge in [0, 0.05) is 24.7 Å². The van der Waals surface area contributed by atoms with Gasteiger partial charge in [-0.05, 0) is 0 Å². The SMILES string of the molecule is NCCSc1cnccn1. The number of nitrogens with zero attached hydrogens (tertiary/aromatic N) is 2. The molecular weight excluding hydrogens is 146 g/mol. The predicted octanol–water partition coefficient (Wildman–Crippen LogP) is 0.527. The monoisotopic (exact) mass is 155 g/mol. The minimum atomic E-state index is 0.682. The molecule has 3 nitrogen and oxygen atoms in total. The first-order valence-corrected chi connectivity index (χ1v) is 4.01. The molecule has 1 rings (SSSR count). The van der Waals surface area contributed by atoms with Crippen LogP contribution in [-0.4, -0.2) is 22.3 Å². The van der Waals surface area contributed by atoms with Crippen molar-refractivity contribution in [1.82, 2.24) is 9.97 Å². The van der Waals surface area contributed by atoms with Crippen LogP contribution in [0.5, 0.6) is 0 Å². The summed E-state index contributed by atoms with van der Waals surface area (Å²) in [4.78, 5) is 7.97. The lowest BCUT2D eigenvalue weighted by molar-refractivity contribution is 1.05. The fourth-order valence-corrected chi connectivity index (χ4v) is 1.12. The van der Waals surface area contributed by atoms with Gasteiger partial charge in [-0.15, -0.1) is 11.8 Å². The van der Waals surface area contributed by atoms with Gasteiger partial charge in [-0.25, -0.2) is 4.98 Å². The molecule has 0 aliphatic carbocycles. The van der Waals surface area contributed by atoms with Crippen LogP contribution in [0.1, 0.15) is 0 Å². The van der Waals surface area contributed by atoms with E-state index in [0.29, 0.717) is 6.54 Å². The van der Waals surface area contributed by atoms with Gasteiger partial charge in [-0.3, -0.25) is 4.98 Å². The first-order chi connectivity index (χ1) is 4.93. The van der Waals surface area contributed by atoms with Crippen molar-refractivity contribution in [3.63, 3.8) is 0 Å². The summed E-state index contributed by atoms with van der Waals surface area (Å²) in [6.45, 7) is 0.682. The lowest BCUT2D eigenvalue weighted by Crippen LogP contribution is -2.01. The summed E-state index contributed by atoms with van der Waals surface area (Å²) >= 11 is 1.62. The minimum absolute atomic E-state index is 0.682. The molecule has 0 atom stereocenters. The summed E-state index contributed by atoms with van der Waals surface area (Å²) in [5, 5.41) is 0.938. The van der Waals surface area contributed by atoms with E-state index in [4.69, 9.17) is 5.73 Å². The molecule has 0 aromatic carbocycles. The van der Waals surface area contributed by atoms with Gasteiger partial charge in [0.2, 0.25) is 0 Å². The molecule has 0 unspecified atom stereocenters. The molecule has 1 heterocycles. The molecule has 0 saturated carbocycles. The maximum Gasteiger partial charge on any atom is 0.114 e. The lowest BCUT2D eigenvalue weighted by atomic mass is 10.8. The van der Waals surface area contributed by atoms with Crippen LogP contribution in [-0.2, 0) is 0 Å². The summed E-state index contributed by atoms with van der Waals surface area (Å²) in [5.41, 5.74) is 5.31. The van der Waals surface area contributed by atoms with E-state index < -0.39 is 0 Å². The van der Waals surface area contributed by atoms with Crippen molar-refractivity contribution in [3.05, 3.63) is 18.6 Å². The summed E-state index contributed by atoms with van der Waals surface area (Å²) in [5.74, 6) is 0.901. The molecule has 0 radical (unpaired) electrons. The highest BCUT2D eigenvalue weighted by atomic mass is 32.2. The minimum Gasteiger partial charge on any atom is -0.330 e. The van der Waals surface area contributed by atoms with Crippen LogP contribution < -0.4 is 5.73 Å². The zero-order valence-electron chi connectivity index (χ0n) is 5.53. The van der Waals surface area contributed by atoms with E-state index >= 15 is 0 Å². The number of thioether (sulfide) groups is 1. The van der Waals surface area contributed by atoms with Crippen LogP contribution in [0, 0.1) is 0 Å². The molecule has 0 amide bonds. The zero-order valence-corrected chi connectivity index (χ0v) is 6.34. The van der Waals surface area contributed by atoms with E-state index in [1.54, 1.807) is 30.4 Å². The highest BCUT2D eigenvalue weighted by Gasteiger charge is 1.90. The Labute approximate surface area is 64.1 Å². The summed E-state index contributed by atoms with van der Waals surface area (Å²) < 4.78 is 0. The smallest absolute Gasteiger partial charge is 0.114 e. The fraction of sp³-hybridized carbons (Fsp3) is 0.333. The van der Waals surface area contributed by atoms with Crippen molar-refractivity contribution < 1.29 is 0 Å². The molecule has 0 aliphatic heterocycles. The lowest BCUT2D eigenvalue weighted by Gasteiger charge is -1.94. The van der Waals surface area contributed by atoms with Gasteiger partial charge in [0.05, 0.1) is 6.20 Å². The first-order valence-electron chi connectivity index (χ1n) is 3.02. The molecule has 4 heteroatoms. The van der Waals surface area contributed by atoms with Gasteiger partial charge >= 0.3 is 0 Å². The molecule has 0 aliphatic rings. The van der Waals surface area contributed by atoms with E-state index in [-0.39, 0.29) is 0 Å². The van der Waals surface area contributed by atoms with Crippen LogP contribution in [0.25, 0.3) is 0 Å². The molecule has 0 spiro atoms. The molecule has 1 aromatic rings. The molecule has 2 N–H and O–H groups in total. The fourth-order valence-electron chi connectivity index (χ4n) is 0.523. The Morgan fingerprint density at radius 2 is 2.40 bits per heavy atom. The Bertz CT molecular complexity index is 178. The summed E-state index contributed by atoms with van der Waals surface area (Å²) in [7, 11) is 0. The normalized spacial score (nSPS) is 9.70. The van der Waals surface area contributed by atoms with Crippen molar-refractivity contribution in [2.45, 2.75) is 5.03 Å². The van der Waals surface area contributed by atoms with Crippen LogP contribution in [0.15, 0.2) is 23.6 Å². The quantitative estimate of drug-likeness (QED) is 0.647. The van der Waals surface area contributed by atoms with E-state index in [1.165, 1.54) is 0 Å². The van der Waals surface area contributed by atoms with E-state index in [2.05, 4.69) is 9.97 Å². The molecule has 0 bridgehead atoms. The molecule has 0 fully saturated rings. The maximum absolute atomic E-state index is 5.31. The molecule has 10 heavy (non-hydrogen) atoms. The summed E-state index contributed by atoms with van der Waals surface area (Å²) in [6.07, 6.45) is 5.08. The molecular formula is C6H9N3S. The van der Waals surface area contributed by atoms with Gasteiger partial charge < -0.3 is 5.73 Å². The van der Waals surface area contributed by atoms with Gasteiger partial charge in [-0.1, -0.05) is 0 Å². The third-order valence-corrected chi connectivity index (χ3v) is 1.85. The third kappa shape index (κ3) is 2.33. The standard InChI is InChI=1S/C6H9N3S/c7-1-4-10-6-5-8-2-3-9-6/h2-3,5H,1,4,7H2. The third-order valence-electron chi connectivity index (χ3n) is 0.907. The number of hydrogen-bond acceptors (Lipinski definition) is 4. The zero-order chi connectivity index (χ0) is 7.23. The second-order valence-corrected chi connectivity index (χ2v) is 2.80. The van der Waals surface area contributed by atoms with Crippen molar-refractivity contribution in [3.8, 4) is 0 Å². The second kappa shape index (κ2) is 4.24. The molecule has 0 saturated heterocycles. The van der Waals surface area contributed by atoms with Gasteiger partial charge in [0.1, 0.15) is 5.03 Å². The van der Waals surface area contributed by atoms with Crippen molar-refractivity contribution in [2.75, 3.05) is 12.3 Å². The van der Waals surface area contributed by atoms with Gasteiger partial charge in [0.15, 0.2) is 0 Å². The maximum atomic E-state index is 5.31.